The van der Waals surface area contributed by atoms with E-state index in [0.717, 1.165) is 5.56 Å². The first-order valence-electron chi connectivity index (χ1n) is 5.25. The lowest BCUT2D eigenvalue weighted by Gasteiger charge is -2.00. The topological polar surface area (TPSA) is 22.4 Å². The summed E-state index contributed by atoms with van der Waals surface area (Å²) in [6.07, 6.45) is 7.32. The van der Waals surface area contributed by atoms with Crippen LogP contribution in [0.3, 0.4) is 0 Å². The van der Waals surface area contributed by atoms with Crippen LogP contribution in [0, 0.1) is 0 Å². The summed E-state index contributed by atoms with van der Waals surface area (Å²) in [4.78, 5) is 0. The van der Waals surface area contributed by atoms with Gasteiger partial charge < -0.3 is 9.15 Å². The van der Waals surface area contributed by atoms with Crippen molar-refractivity contribution in [2.24, 2.45) is 0 Å². The van der Waals surface area contributed by atoms with Crippen LogP contribution in [0.15, 0.2) is 59.4 Å². The smallest absolute Gasteiger partial charge is 0.0974 e. The van der Waals surface area contributed by atoms with Gasteiger partial charge in [-0.05, 0) is 11.6 Å². The molecule has 2 nitrogen and oxygen atoms in total. The van der Waals surface area contributed by atoms with Crippen LogP contribution in [-0.2, 0) is 11.3 Å². The van der Waals surface area contributed by atoms with Gasteiger partial charge in [0.2, 0.25) is 0 Å². The lowest BCUT2D eigenvalue weighted by molar-refractivity contribution is 0.149. The molecular weight excluding hydrogens is 200 g/mol. The summed E-state index contributed by atoms with van der Waals surface area (Å²) in [5.74, 6) is 0. The van der Waals surface area contributed by atoms with Crippen molar-refractivity contribution in [3.63, 3.8) is 0 Å². The van der Waals surface area contributed by atoms with Crippen molar-refractivity contribution in [1.82, 2.24) is 0 Å². The second-order valence-electron chi connectivity index (χ2n) is 3.46. The van der Waals surface area contributed by atoms with Crippen LogP contribution < -0.4 is 0 Å². The lowest BCUT2D eigenvalue weighted by atomic mass is 10.2. The maximum absolute atomic E-state index is 5.50. The Labute approximate surface area is 95.2 Å². The zero-order chi connectivity index (χ0) is 11.1. The number of furan rings is 1. The highest BCUT2D eigenvalue weighted by molar-refractivity contribution is 5.46. The van der Waals surface area contributed by atoms with Gasteiger partial charge in [0.15, 0.2) is 0 Å². The molecule has 0 atom stereocenters. The zero-order valence-electron chi connectivity index (χ0n) is 9.00. The molecule has 82 valence electrons. The van der Waals surface area contributed by atoms with E-state index in [1.807, 2.05) is 36.4 Å². The quantitative estimate of drug-likeness (QED) is 0.711. The van der Waals surface area contributed by atoms with Gasteiger partial charge in [-0.15, -0.1) is 0 Å². The van der Waals surface area contributed by atoms with E-state index in [1.54, 1.807) is 12.5 Å². The molecule has 0 aliphatic carbocycles. The molecule has 0 aliphatic rings. The first-order valence-corrected chi connectivity index (χ1v) is 5.25. The van der Waals surface area contributed by atoms with Gasteiger partial charge in [0.25, 0.3) is 0 Å². The molecule has 16 heavy (non-hydrogen) atoms. The van der Waals surface area contributed by atoms with E-state index in [9.17, 15) is 0 Å². The van der Waals surface area contributed by atoms with Crippen LogP contribution >= 0.6 is 0 Å². The van der Waals surface area contributed by atoms with Gasteiger partial charge in [0.05, 0.1) is 25.7 Å². The van der Waals surface area contributed by atoms with Crippen LogP contribution in [0.25, 0.3) is 6.08 Å². The van der Waals surface area contributed by atoms with E-state index >= 15 is 0 Å². The summed E-state index contributed by atoms with van der Waals surface area (Å²) >= 11 is 0. The summed E-state index contributed by atoms with van der Waals surface area (Å²) in [7, 11) is 0. The Kier molecular flexibility index (Phi) is 3.97. The molecule has 2 heteroatoms. The van der Waals surface area contributed by atoms with Crippen molar-refractivity contribution in [1.29, 1.82) is 0 Å². The number of hydrogen-bond donors (Lipinski definition) is 0. The Morgan fingerprint density at radius 3 is 2.75 bits per heavy atom. The van der Waals surface area contributed by atoms with Crippen LogP contribution in [0.1, 0.15) is 11.1 Å². The second kappa shape index (κ2) is 5.93. The monoisotopic (exact) mass is 214 g/mol. The van der Waals surface area contributed by atoms with E-state index in [2.05, 4.69) is 12.1 Å². The standard InChI is InChI=1S/C14H14O2/c1-2-5-13(6-3-1)11-15-9-4-7-14-8-10-16-12-14/h1-8,10,12H,9,11H2/b7-4+. The van der Waals surface area contributed by atoms with Crippen molar-refractivity contribution in [2.45, 2.75) is 6.61 Å². The number of rotatable bonds is 5. The normalized spacial score (nSPS) is 11.0. The van der Waals surface area contributed by atoms with E-state index in [0.29, 0.717) is 13.2 Å². The van der Waals surface area contributed by atoms with Gasteiger partial charge in [-0.25, -0.2) is 0 Å². The molecule has 0 amide bonds. The van der Waals surface area contributed by atoms with Gasteiger partial charge in [0, 0.05) is 5.56 Å². The molecule has 0 bridgehead atoms. The molecule has 1 aromatic carbocycles. The van der Waals surface area contributed by atoms with Crippen molar-refractivity contribution < 1.29 is 9.15 Å². The minimum absolute atomic E-state index is 0.611. The largest absolute Gasteiger partial charge is 0.472 e. The molecule has 2 aromatic rings. The Bertz CT molecular complexity index is 415. The number of benzene rings is 1. The molecule has 0 unspecified atom stereocenters. The van der Waals surface area contributed by atoms with Crippen LogP contribution in [-0.4, -0.2) is 6.61 Å². The minimum Gasteiger partial charge on any atom is -0.472 e. The van der Waals surface area contributed by atoms with Crippen LogP contribution in [0.2, 0.25) is 0 Å². The highest BCUT2D eigenvalue weighted by Gasteiger charge is 1.89. The van der Waals surface area contributed by atoms with Crippen molar-refractivity contribution in [3.8, 4) is 0 Å². The van der Waals surface area contributed by atoms with Gasteiger partial charge in [-0.2, -0.15) is 0 Å². The van der Waals surface area contributed by atoms with E-state index in [4.69, 9.17) is 9.15 Å². The Balaban J connectivity index is 1.69. The first-order chi connectivity index (χ1) is 7.95. The van der Waals surface area contributed by atoms with E-state index in [-0.39, 0.29) is 0 Å². The molecule has 0 N–H and O–H groups in total. The Hall–Kier alpha value is -1.80. The molecule has 1 heterocycles. The van der Waals surface area contributed by atoms with Crippen LogP contribution in [0.5, 0.6) is 0 Å². The fraction of sp³-hybridized carbons (Fsp3) is 0.143. The average Bonchev–Trinajstić information content (AvgIpc) is 2.83. The predicted octanol–water partition coefficient (Wildman–Crippen LogP) is 3.51. The first kappa shape index (κ1) is 10.7. The molecule has 0 spiro atoms. The summed E-state index contributed by atoms with van der Waals surface area (Å²) in [5.41, 5.74) is 2.25. The Morgan fingerprint density at radius 1 is 1.12 bits per heavy atom. The van der Waals surface area contributed by atoms with Gasteiger partial charge in [-0.1, -0.05) is 42.5 Å². The Morgan fingerprint density at radius 2 is 2.00 bits per heavy atom. The third-order valence-corrected chi connectivity index (χ3v) is 2.18. The number of hydrogen-bond acceptors (Lipinski definition) is 2. The minimum atomic E-state index is 0.611. The maximum Gasteiger partial charge on any atom is 0.0974 e. The van der Waals surface area contributed by atoms with Crippen molar-refractivity contribution in [3.05, 3.63) is 66.1 Å². The third-order valence-electron chi connectivity index (χ3n) is 2.18. The maximum atomic E-state index is 5.50. The average molecular weight is 214 g/mol. The van der Waals surface area contributed by atoms with Gasteiger partial charge in [-0.3, -0.25) is 0 Å². The van der Waals surface area contributed by atoms with E-state index in [1.165, 1.54) is 5.56 Å². The highest BCUT2D eigenvalue weighted by atomic mass is 16.5. The summed E-state index contributed by atoms with van der Waals surface area (Å²) in [6, 6.07) is 12.1. The van der Waals surface area contributed by atoms with Crippen LogP contribution in [0.4, 0.5) is 0 Å². The fourth-order valence-electron chi connectivity index (χ4n) is 1.37. The third kappa shape index (κ3) is 3.41. The SMILES string of the molecule is C(=C\c1ccoc1)/COCc1ccccc1. The van der Waals surface area contributed by atoms with Crippen molar-refractivity contribution in [2.75, 3.05) is 6.61 Å². The molecule has 2 rings (SSSR count). The molecule has 0 aliphatic heterocycles. The zero-order valence-corrected chi connectivity index (χ0v) is 9.00. The molecule has 0 fully saturated rings. The fourth-order valence-corrected chi connectivity index (χ4v) is 1.37. The predicted molar refractivity (Wildman–Crippen MR) is 63.8 cm³/mol. The summed E-state index contributed by atoms with van der Waals surface area (Å²) in [6.45, 7) is 1.26. The molecule has 0 saturated carbocycles. The van der Waals surface area contributed by atoms with Gasteiger partial charge in [0.1, 0.15) is 0 Å². The summed E-state index contributed by atoms with van der Waals surface area (Å²) in [5, 5.41) is 0. The van der Waals surface area contributed by atoms with Crippen molar-refractivity contribution >= 4 is 6.08 Å². The molecule has 1 aromatic heterocycles. The van der Waals surface area contributed by atoms with Gasteiger partial charge >= 0.3 is 0 Å². The lowest BCUT2D eigenvalue weighted by Crippen LogP contribution is -1.91. The molecule has 0 saturated heterocycles. The van der Waals surface area contributed by atoms with E-state index < -0.39 is 0 Å². The number of ether oxygens (including phenoxy) is 1. The second-order valence-corrected chi connectivity index (χ2v) is 3.46. The molecular formula is C14H14O2. The summed E-state index contributed by atoms with van der Waals surface area (Å²) < 4.78 is 10.4. The highest BCUT2D eigenvalue weighted by Crippen LogP contribution is 2.03. The molecule has 0 radical (unpaired) electrons.